The van der Waals surface area contributed by atoms with Crippen LogP contribution in [0.2, 0.25) is 0 Å². The van der Waals surface area contributed by atoms with Gasteiger partial charge in [0.2, 0.25) is 0 Å². The predicted molar refractivity (Wildman–Crippen MR) is 257 cm³/mol. The molecule has 0 saturated carbocycles. The van der Waals surface area contributed by atoms with E-state index in [0.717, 1.165) is 33.4 Å². The molecule has 0 unspecified atom stereocenters. The monoisotopic (exact) mass is 922 g/mol. The van der Waals surface area contributed by atoms with Crippen LogP contribution in [0.5, 0.6) is 0 Å². The molecule has 11 heteroatoms. The fraction of sp³-hybridized carbons (Fsp3) is 0.333. The zero-order valence-electron chi connectivity index (χ0n) is 38.3. The predicted octanol–water partition coefficient (Wildman–Crippen LogP) is 9.16. The smallest absolute Gasteiger partial charge is 0.187 e. The standard InChI is InChI=1S/C57H62O11/c1-2-33-61-52-50(62-36-44-25-13-5-14-26-44)48(40-59-34-42-21-9-3-10-22-42)67-57(55(52)65-39-47-31-19-8-20-32-47)68-51-49(41-60-35-43-23-11-4-12-24-43)66-56(58)54(64-38-46-29-17-7-18-30-46)53(51)63-37-45-27-15-6-16-28-45/h2-32,48-58H,1,33-41H2/t48-,49-,50+,51+,52+,53+,54-,55-,56-,57-/m1/s1. The summed E-state index contributed by atoms with van der Waals surface area (Å²) in [4.78, 5) is 0. The fourth-order valence-electron chi connectivity index (χ4n) is 8.39. The number of hydrogen-bond acceptors (Lipinski definition) is 11. The Hall–Kier alpha value is -5.38. The van der Waals surface area contributed by atoms with Crippen molar-refractivity contribution in [2.45, 2.75) is 101 Å². The molecular weight excluding hydrogens is 861 g/mol. The van der Waals surface area contributed by atoms with Crippen LogP contribution >= 0.6 is 0 Å². The Morgan fingerprint density at radius 2 is 0.721 bits per heavy atom. The van der Waals surface area contributed by atoms with Crippen molar-refractivity contribution in [1.82, 2.24) is 0 Å². The second kappa shape index (κ2) is 26.4. The molecule has 0 amide bonds. The lowest BCUT2D eigenvalue weighted by atomic mass is 9.95. The summed E-state index contributed by atoms with van der Waals surface area (Å²) >= 11 is 0. The number of aliphatic hydroxyl groups is 1. The Morgan fingerprint density at radius 1 is 0.382 bits per heavy atom. The van der Waals surface area contributed by atoms with Gasteiger partial charge in [0.15, 0.2) is 12.6 Å². The SMILES string of the molecule is C=CCO[C@H]1[C@@H](OCc2ccccc2)[C@@H](COCc2ccccc2)O[C@H](O[C@@H]2[C@H](OCc3ccccc3)[C@@H](OCc3ccccc3)[C@H](O)O[C@@H]2COCc2ccccc2)[C@@H]1OCc1ccccc1. The Labute approximate surface area is 400 Å². The fourth-order valence-corrected chi connectivity index (χ4v) is 8.39. The maximum Gasteiger partial charge on any atom is 0.187 e. The topological polar surface area (TPSA) is 113 Å². The highest BCUT2D eigenvalue weighted by atomic mass is 16.8. The van der Waals surface area contributed by atoms with Crippen LogP contribution in [0.25, 0.3) is 0 Å². The minimum absolute atomic E-state index is 0.0400. The van der Waals surface area contributed by atoms with Gasteiger partial charge in [0.05, 0.1) is 59.5 Å². The minimum Gasteiger partial charge on any atom is -0.374 e. The van der Waals surface area contributed by atoms with Gasteiger partial charge in [-0.15, -0.1) is 6.58 Å². The molecule has 2 aliphatic heterocycles. The van der Waals surface area contributed by atoms with E-state index in [4.69, 9.17) is 47.4 Å². The van der Waals surface area contributed by atoms with E-state index in [1.807, 2.05) is 182 Å². The van der Waals surface area contributed by atoms with E-state index in [2.05, 4.69) is 6.58 Å². The highest BCUT2D eigenvalue weighted by Gasteiger charge is 2.54. The Kier molecular flexibility index (Phi) is 19.0. The molecular formula is C57H62O11. The normalized spacial score (nSPS) is 24.9. The molecule has 11 nitrogen and oxygen atoms in total. The summed E-state index contributed by atoms with van der Waals surface area (Å²) in [5, 5.41) is 11.9. The molecule has 68 heavy (non-hydrogen) atoms. The van der Waals surface area contributed by atoms with Crippen LogP contribution in [0, 0.1) is 0 Å². The van der Waals surface area contributed by atoms with Crippen LogP contribution in [-0.4, -0.2) is 86.3 Å². The average Bonchev–Trinajstić information content (AvgIpc) is 3.39. The summed E-state index contributed by atoms with van der Waals surface area (Å²) in [6.07, 6.45) is -7.56. The largest absolute Gasteiger partial charge is 0.374 e. The van der Waals surface area contributed by atoms with Crippen LogP contribution in [0.15, 0.2) is 195 Å². The molecule has 6 aromatic carbocycles. The molecule has 2 aliphatic rings. The molecule has 0 aromatic heterocycles. The molecule has 10 atom stereocenters. The zero-order valence-corrected chi connectivity index (χ0v) is 38.3. The molecule has 2 fully saturated rings. The van der Waals surface area contributed by atoms with Gasteiger partial charge in [0.25, 0.3) is 0 Å². The third-order valence-electron chi connectivity index (χ3n) is 11.8. The molecule has 0 aliphatic carbocycles. The van der Waals surface area contributed by atoms with Crippen LogP contribution in [0.4, 0.5) is 0 Å². The summed E-state index contributed by atoms with van der Waals surface area (Å²) in [5.41, 5.74) is 5.76. The molecule has 1 N–H and O–H groups in total. The van der Waals surface area contributed by atoms with Crippen molar-refractivity contribution < 1.29 is 52.5 Å². The van der Waals surface area contributed by atoms with Crippen molar-refractivity contribution in [2.24, 2.45) is 0 Å². The van der Waals surface area contributed by atoms with Gasteiger partial charge in [-0.05, 0) is 33.4 Å². The van der Waals surface area contributed by atoms with Gasteiger partial charge in [-0.1, -0.05) is 188 Å². The van der Waals surface area contributed by atoms with Crippen molar-refractivity contribution in [3.63, 3.8) is 0 Å². The highest BCUT2D eigenvalue weighted by molar-refractivity contribution is 5.18. The van der Waals surface area contributed by atoms with E-state index >= 15 is 0 Å². The molecule has 356 valence electrons. The Morgan fingerprint density at radius 3 is 1.13 bits per heavy atom. The van der Waals surface area contributed by atoms with Gasteiger partial charge in [-0.25, -0.2) is 0 Å². The molecule has 0 spiro atoms. The second-order valence-corrected chi connectivity index (χ2v) is 16.8. The van der Waals surface area contributed by atoms with Crippen molar-refractivity contribution in [1.29, 1.82) is 0 Å². The molecule has 2 heterocycles. The summed E-state index contributed by atoms with van der Waals surface area (Å²) in [5.74, 6) is 0. The first-order valence-corrected chi connectivity index (χ1v) is 23.3. The Balaban J connectivity index is 1.16. The number of benzene rings is 6. The third kappa shape index (κ3) is 14.3. The van der Waals surface area contributed by atoms with Crippen molar-refractivity contribution in [2.75, 3.05) is 19.8 Å². The zero-order chi connectivity index (χ0) is 46.6. The summed E-state index contributed by atoms with van der Waals surface area (Å²) in [6.45, 7) is 5.86. The van der Waals surface area contributed by atoms with Crippen molar-refractivity contribution >= 4 is 0 Å². The molecule has 2 saturated heterocycles. The summed E-state index contributed by atoms with van der Waals surface area (Å²) in [7, 11) is 0. The van der Waals surface area contributed by atoms with E-state index in [1.54, 1.807) is 6.08 Å². The van der Waals surface area contributed by atoms with Gasteiger partial charge in [0.1, 0.15) is 48.8 Å². The number of hydrogen-bond donors (Lipinski definition) is 1. The lowest BCUT2D eigenvalue weighted by Gasteiger charge is -2.49. The van der Waals surface area contributed by atoms with Gasteiger partial charge < -0.3 is 52.5 Å². The first-order valence-electron chi connectivity index (χ1n) is 23.3. The van der Waals surface area contributed by atoms with E-state index in [-0.39, 0.29) is 46.2 Å². The summed E-state index contributed by atoms with van der Waals surface area (Å²) in [6, 6.07) is 59.3. The average molecular weight is 923 g/mol. The second-order valence-electron chi connectivity index (χ2n) is 16.8. The molecule has 0 bridgehead atoms. The molecule has 0 radical (unpaired) electrons. The van der Waals surface area contributed by atoms with Gasteiger partial charge in [0, 0.05) is 0 Å². The molecule has 6 aromatic rings. The van der Waals surface area contributed by atoms with Crippen LogP contribution in [0.1, 0.15) is 33.4 Å². The third-order valence-corrected chi connectivity index (χ3v) is 11.8. The Bertz CT molecular complexity index is 2290. The maximum absolute atomic E-state index is 11.9. The number of aliphatic hydroxyl groups excluding tert-OH is 1. The van der Waals surface area contributed by atoms with E-state index in [9.17, 15) is 5.11 Å². The van der Waals surface area contributed by atoms with Gasteiger partial charge >= 0.3 is 0 Å². The number of rotatable bonds is 25. The van der Waals surface area contributed by atoms with Crippen molar-refractivity contribution in [3.05, 3.63) is 228 Å². The lowest BCUT2D eigenvalue weighted by molar-refractivity contribution is -0.373. The van der Waals surface area contributed by atoms with E-state index < -0.39 is 61.4 Å². The highest BCUT2D eigenvalue weighted by Crippen LogP contribution is 2.36. The van der Waals surface area contributed by atoms with E-state index in [0.29, 0.717) is 13.2 Å². The van der Waals surface area contributed by atoms with Crippen LogP contribution < -0.4 is 0 Å². The first-order chi connectivity index (χ1) is 33.6. The van der Waals surface area contributed by atoms with Crippen LogP contribution in [0.3, 0.4) is 0 Å². The van der Waals surface area contributed by atoms with Gasteiger partial charge in [-0.3, -0.25) is 0 Å². The van der Waals surface area contributed by atoms with Crippen LogP contribution in [-0.2, 0) is 87.0 Å². The lowest BCUT2D eigenvalue weighted by Crippen LogP contribution is -2.66. The summed E-state index contributed by atoms with van der Waals surface area (Å²) < 4.78 is 67.5. The molecule has 8 rings (SSSR count). The van der Waals surface area contributed by atoms with E-state index in [1.165, 1.54) is 0 Å². The van der Waals surface area contributed by atoms with Gasteiger partial charge in [-0.2, -0.15) is 0 Å². The number of ether oxygens (including phenoxy) is 10. The first kappa shape index (κ1) is 49.1. The minimum atomic E-state index is -1.40. The van der Waals surface area contributed by atoms with Crippen molar-refractivity contribution in [3.8, 4) is 0 Å². The quantitative estimate of drug-likeness (QED) is 0.0555. The maximum atomic E-state index is 11.9.